The zero-order valence-corrected chi connectivity index (χ0v) is 29.9. The molecule has 0 atom stereocenters. The number of amides is 1. The van der Waals surface area contributed by atoms with E-state index in [1.54, 1.807) is 105 Å². The van der Waals surface area contributed by atoms with E-state index in [1.165, 1.54) is 18.7 Å². The molecular weight excluding hydrogens is 701 g/mol. The van der Waals surface area contributed by atoms with Crippen molar-refractivity contribution in [1.82, 2.24) is 29.7 Å². The van der Waals surface area contributed by atoms with E-state index in [0.717, 1.165) is 11.3 Å². The van der Waals surface area contributed by atoms with Crippen molar-refractivity contribution in [3.63, 3.8) is 0 Å². The molecule has 0 fully saturated rings. The van der Waals surface area contributed by atoms with Gasteiger partial charge in [-0.1, -0.05) is 65.9 Å². The normalized spacial score (nSPS) is 11.5. The van der Waals surface area contributed by atoms with Gasteiger partial charge in [-0.25, -0.2) is 27.8 Å². The van der Waals surface area contributed by atoms with Gasteiger partial charge in [-0.3, -0.25) is 4.79 Å². The molecule has 0 saturated carbocycles. The summed E-state index contributed by atoms with van der Waals surface area (Å²) in [4.78, 5) is 21.0. The zero-order valence-electron chi connectivity index (χ0n) is 29.1. The minimum atomic E-state index is -4.85. The summed E-state index contributed by atoms with van der Waals surface area (Å²) in [6.45, 7) is 0.0240. The maximum absolute atomic E-state index is 14.6. The molecule has 0 saturated heterocycles. The van der Waals surface area contributed by atoms with E-state index >= 15 is 0 Å². The Bertz CT molecular complexity index is 2160. The van der Waals surface area contributed by atoms with Gasteiger partial charge in [-0.2, -0.15) is 0 Å². The van der Waals surface area contributed by atoms with Crippen molar-refractivity contribution in [2.45, 2.75) is 24.9 Å². The van der Waals surface area contributed by atoms with Crippen LogP contribution in [0, 0.1) is 0 Å². The van der Waals surface area contributed by atoms with Gasteiger partial charge in [0.2, 0.25) is 0 Å². The number of ether oxygens (including phenoxy) is 5. The Morgan fingerprint density at radius 2 is 1.19 bits per heavy atom. The van der Waals surface area contributed by atoms with Crippen LogP contribution >= 0.6 is 0 Å². The maximum Gasteiger partial charge on any atom is 0.321 e. The number of hydrogen-bond acceptors (Lipinski definition) is 12. The van der Waals surface area contributed by atoms with Gasteiger partial charge in [0.25, 0.3) is 15.9 Å². The summed E-state index contributed by atoms with van der Waals surface area (Å²) in [5.74, 6) is 0.997. The van der Waals surface area contributed by atoms with Crippen LogP contribution in [-0.2, 0) is 44.4 Å². The molecule has 6 rings (SSSR count). The third-order valence-electron chi connectivity index (χ3n) is 8.16. The molecule has 53 heavy (non-hydrogen) atoms. The Morgan fingerprint density at radius 3 is 1.68 bits per heavy atom. The first-order valence-corrected chi connectivity index (χ1v) is 17.7. The number of carbonyl (C=O) groups excluding carboxylic acids is 1. The third kappa shape index (κ3) is 8.66. The minimum Gasteiger partial charge on any atom is -0.497 e. The van der Waals surface area contributed by atoms with Crippen molar-refractivity contribution in [2.24, 2.45) is 0 Å². The van der Waals surface area contributed by atoms with Crippen molar-refractivity contribution in [3.8, 4) is 28.5 Å². The fraction of sp³-hybridized carbons (Fsp3) is 0.184. The van der Waals surface area contributed by atoms with Crippen LogP contribution in [0.1, 0.15) is 32.6 Å². The summed E-state index contributed by atoms with van der Waals surface area (Å²) in [5, 5.41) is 6.04. The maximum atomic E-state index is 14.6. The number of nitrogens with zero attached hydrogens (tertiary/aromatic N) is 5. The van der Waals surface area contributed by atoms with E-state index in [0.29, 0.717) is 40.4 Å². The minimum absolute atomic E-state index is 0.0802. The first kappa shape index (κ1) is 36.6. The van der Waals surface area contributed by atoms with Gasteiger partial charge in [-0.05, 0) is 53.1 Å². The first-order valence-electron chi connectivity index (χ1n) is 16.2. The number of hydrogen-bond donors (Lipinski definition) is 1. The molecular formula is C38H36N6O8S. The van der Waals surface area contributed by atoms with Crippen LogP contribution < -0.4 is 18.9 Å². The van der Waals surface area contributed by atoms with Crippen LogP contribution in [0.3, 0.4) is 0 Å². The van der Waals surface area contributed by atoms with E-state index in [4.69, 9.17) is 23.7 Å². The number of benzene rings is 4. The summed E-state index contributed by atoms with van der Waals surface area (Å²) in [5.41, 5.74) is 3.44. The highest BCUT2D eigenvalue weighted by Crippen LogP contribution is 2.37. The van der Waals surface area contributed by atoms with Crippen LogP contribution in [0.2, 0.25) is 0 Å². The molecule has 0 aliphatic heterocycles. The van der Waals surface area contributed by atoms with Gasteiger partial charge >= 0.3 is 5.12 Å². The lowest BCUT2D eigenvalue weighted by molar-refractivity contribution is -0.199. The predicted molar refractivity (Wildman–Crippen MR) is 193 cm³/mol. The monoisotopic (exact) mass is 736 g/mol. The second-order valence-corrected chi connectivity index (χ2v) is 13.4. The predicted octanol–water partition coefficient (Wildman–Crippen LogP) is 5.11. The molecule has 272 valence electrons. The molecule has 2 heterocycles. The Labute approximate surface area is 306 Å². The first-order chi connectivity index (χ1) is 25.7. The average molecular weight is 737 g/mol. The van der Waals surface area contributed by atoms with E-state index < -0.39 is 21.0 Å². The smallest absolute Gasteiger partial charge is 0.321 e. The SMILES string of the molecule is COc1ccc(COC(OCc2ccc(OC)cc2)(c2ccc(-c3cn(Cc4ccc(OC)cc4)nn3)cc2)S(=O)(=O)NC(=O)c2cncnc2)cc1. The molecule has 0 spiro atoms. The highest BCUT2D eigenvalue weighted by Gasteiger charge is 2.50. The standard InChI is InChI=1S/C38H36N6O8S/c1-48-33-14-4-27(5-15-33)22-44-23-36(41-43-44)30-10-12-32(13-11-30)38(51-24-28-6-16-34(49-2)17-7-28,52-25-29-8-18-35(50-3)19-9-29)53(46,47)42-37(45)31-20-39-26-40-21-31/h4-21,23,26H,22,24-25H2,1-3H3,(H,42,45). The Balaban J connectivity index is 1.37. The number of methoxy groups -OCH3 is 3. The van der Waals surface area contributed by atoms with Crippen LogP contribution in [0.25, 0.3) is 11.3 Å². The fourth-order valence-corrected chi connectivity index (χ4v) is 6.63. The van der Waals surface area contributed by atoms with Crippen molar-refractivity contribution >= 4 is 15.9 Å². The number of sulfonamides is 1. The largest absolute Gasteiger partial charge is 0.497 e. The van der Waals surface area contributed by atoms with Gasteiger partial charge < -0.3 is 23.7 Å². The fourth-order valence-electron chi connectivity index (χ4n) is 5.25. The zero-order chi connectivity index (χ0) is 37.3. The van der Waals surface area contributed by atoms with Crippen LogP contribution in [-0.4, -0.2) is 60.6 Å². The second-order valence-electron chi connectivity index (χ2n) is 11.6. The summed E-state index contributed by atoms with van der Waals surface area (Å²) < 4.78 is 61.3. The lowest BCUT2D eigenvalue weighted by Gasteiger charge is -2.33. The van der Waals surface area contributed by atoms with Gasteiger partial charge in [0.1, 0.15) is 29.3 Å². The molecule has 0 radical (unpaired) electrons. The number of aromatic nitrogens is 5. The summed E-state index contributed by atoms with van der Waals surface area (Å²) in [6.07, 6.45) is 5.41. The van der Waals surface area contributed by atoms with E-state index in [2.05, 4.69) is 25.0 Å². The van der Waals surface area contributed by atoms with Crippen molar-refractivity contribution in [3.05, 3.63) is 150 Å². The lowest BCUT2D eigenvalue weighted by Crippen LogP contribution is -2.49. The van der Waals surface area contributed by atoms with Crippen LogP contribution in [0.5, 0.6) is 17.2 Å². The van der Waals surface area contributed by atoms with Crippen LogP contribution in [0.15, 0.2) is 122 Å². The lowest BCUT2D eigenvalue weighted by atomic mass is 10.1. The van der Waals surface area contributed by atoms with Crippen molar-refractivity contribution in [2.75, 3.05) is 21.3 Å². The molecule has 0 aliphatic rings. The topological polar surface area (TPSA) is 166 Å². The molecule has 4 aromatic carbocycles. The summed E-state index contributed by atoms with van der Waals surface area (Å²) >= 11 is 0. The number of rotatable bonds is 16. The quantitative estimate of drug-likeness (QED) is 0.131. The van der Waals surface area contributed by atoms with Crippen LogP contribution in [0.4, 0.5) is 0 Å². The number of carbonyl (C=O) groups is 1. The highest BCUT2D eigenvalue weighted by molar-refractivity contribution is 7.90. The Hall–Kier alpha value is -6.16. The average Bonchev–Trinajstić information content (AvgIpc) is 3.67. The molecule has 0 aliphatic carbocycles. The molecule has 6 aromatic rings. The molecule has 1 amide bonds. The molecule has 14 nitrogen and oxygen atoms in total. The van der Waals surface area contributed by atoms with Gasteiger partial charge in [0.05, 0.1) is 52.8 Å². The Kier molecular flexibility index (Phi) is 11.4. The van der Waals surface area contributed by atoms with E-state index in [9.17, 15) is 13.2 Å². The molecule has 15 heteroatoms. The molecule has 2 aromatic heterocycles. The third-order valence-corrected chi connectivity index (χ3v) is 9.79. The van der Waals surface area contributed by atoms with Gasteiger partial charge in [0.15, 0.2) is 0 Å². The van der Waals surface area contributed by atoms with E-state index in [1.807, 2.05) is 24.3 Å². The van der Waals surface area contributed by atoms with Gasteiger partial charge in [0, 0.05) is 23.5 Å². The van der Waals surface area contributed by atoms with Crippen molar-refractivity contribution in [1.29, 1.82) is 0 Å². The highest BCUT2D eigenvalue weighted by atomic mass is 32.2. The van der Waals surface area contributed by atoms with Crippen molar-refractivity contribution < 1.29 is 36.9 Å². The summed E-state index contributed by atoms with van der Waals surface area (Å²) in [6, 6.07) is 27.9. The number of nitrogens with one attached hydrogen (secondary N) is 1. The second kappa shape index (κ2) is 16.5. The molecule has 0 bridgehead atoms. The molecule has 1 N–H and O–H groups in total. The summed E-state index contributed by atoms with van der Waals surface area (Å²) in [7, 11) is -0.156. The van der Waals surface area contributed by atoms with E-state index in [-0.39, 0.29) is 24.3 Å². The van der Waals surface area contributed by atoms with Gasteiger partial charge in [-0.15, -0.1) is 5.10 Å². The molecule has 0 unspecified atom stereocenters. The Morgan fingerprint density at radius 1 is 0.698 bits per heavy atom.